The molecule has 2 aliphatic rings. The van der Waals surface area contributed by atoms with Crippen molar-refractivity contribution in [3.63, 3.8) is 0 Å². The third kappa shape index (κ3) is 2.10. The molecule has 2 rings (SSSR count). The summed E-state index contributed by atoms with van der Waals surface area (Å²) in [5, 5.41) is 12.8. The van der Waals surface area contributed by atoms with Gasteiger partial charge in [-0.3, -0.25) is 14.5 Å². The van der Waals surface area contributed by atoms with Crippen LogP contribution >= 0.6 is 0 Å². The summed E-state index contributed by atoms with van der Waals surface area (Å²) in [7, 11) is 1.52. The predicted molar refractivity (Wildman–Crippen MR) is 57.6 cm³/mol. The van der Waals surface area contributed by atoms with Crippen LogP contribution in [-0.4, -0.2) is 47.1 Å². The molecule has 1 heterocycles. The van der Waals surface area contributed by atoms with Crippen LogP contribution in [0.25, 0.3) is 0 Å². The Bertz CT molecular complexity index is 306. The van der Waals surface area contributed by atoms with Gasteiger partial charge in [-0.05, 0) is 25.7 Å². The SMILES string of the molecule is CN1C(=O)CCC(N[C@@H]2CCC[C@H]2O)C1=O. The van der Waals surface area contributed by atoms with Crippen LogP contribution in [0.4, 0.5) is 0 Å². The normalized spacial score (nSPS) is 35.9. The monoisotopic (exact) mass is 226 g/mol. The van der Waals surface area contributed by atoms with E-state index in [1.807, 2.05) is 0 Å². The first kappa shape index (κ1) is 11.5. The highest BCUT2D eigenvalue weighted by Crippen LogP contribution is 2.21. The van der Waals surface area contributed by atoms with Crippen molar-refractivity contribution >= 4 is 11.8 Å². The molecule has 0 aromatic carbocycles. The summed E-state index contributed by atoms with van der Waals surface area (Å²) in [6.45, 7) is 0. The number of amides is 2. The molecular weight excluding hydrogens is 208 g/mol. The smallest absolute Gasteiger partial charge is 0.246 e. The van der Waals surface area contributed by atoms with Crippen LogP contribution in [0.3, 0.4) is 0 Å². The van der Waals surface area contributed by atoms with Crippen LogP contribution < -0.4 is 5.32 Å². The van der Waals surface area contributed by atoms with E-state index in [0.29, 0.717) is 12.8 Å². The molecule has 3 atom stereocenters. The van der Waals surface area contributed by atoms with Gasteiger partial charge in [0.1, 0.15) is 0 Å². The molecule has 1 unspecified atom stereocenters. The number of likely N-dealkylation sites (tertiary alicyclic amines) is 1. The minimum atomic E-state index is -0.351. The fourth-order valence-electron chi connectivity index (χ4n) is 2.46. The van der Waals surface area contributed by atoms with E-state index in [-0.39, 0.29) is 30.0 Å². The maximum Gasteiger partial charge on any atom is 0.246 e. The first-order valence-electron chi connectivity index (χ1n) is 5.84. The van der Waals surface area contributed by atoms with E-state index in [1.165, 1.54) is 11.9 Å². The van der Waals surface area contributed by atoms with Crippen LogP contribution in [0, 0.1) is 0 Å². The van der Waals surface area contributed by atoms with Gasteiger partial charge in [0.25, 0.3) is 0 Å². The Kier molecular flexibility index (Phi) is 3.25. The van der Waals surface area contributed by atoms with Gasteiger partial charge in [-0.1, -0.05) is 0 Å². The summed E-state index contributed by atoms with van der Waals surface area (Å²) in [5.41, 5.74) is 0. The topological polar surface area (TPSA) is 69.6 Å². The quantitative estimate of drug-likeness (QED) is 0.631. The second kappa shape index (κ2) is 4.51. The molecule has 2 fully saturated rings. The molecule has 2 amide bonds. The number of likely N-dealkylation sites (N-methyl/N-ethyl adjacent to an activating group) is 1. The van der Waals surface area contributed by atoms with Gasteiger partial charge in [-0.25, -0.2) is 0 Å². The highest BCUT2D eigenvalue weighted by atomic mass is 16.3. The predicted octanol–water partition coefficient (Wildman–Crippen LogP) is -0.363. The van der Waals surface area contributed by atoms with Crippen LogP contribution in [0.15, 0.2) is 0 Å². The lowest BCUT2D eigenvalue weighted by Gasteiger charge is -2.31. The molecule has 90 valence electrons. The number of imide groups is 1. The van der Waals surface area contributed by atoms with Crippen molar-refractivity contribution in [2.45, 2.75) is 50.3 Å². The Hall–Kier alpha value is -0.940. The van der Waals surface area contributed by atoms with Crippen LogP contribution in [0.1, 0.15) is 32.1 Å². The maximum atomic E-state index is 11.8. The number of hydrogen-bond acceptors (Lipinski definition) is 4. The first-order valence-corrected chi connectivity index (χ1v) is 5.84. The summed E-state index contributed by atoms with van der Waals surface area (Å²) in [6, 6.07) is -0.295. The van der Waals surface area contributed by atoms with Crippen molar-refractivity contribution in [1.29, 1.82) is 0 Å². The molecule has 2 N–H and O–H groups in total. The zero-order valence-electron chi connectivity index (χ0n) is 9.48. The van der Waals surface area contributed by atoms with Gasteiger partial charge in [0.05, 0.1) is 12.1 Å². The van der Waals surface area contributed by atoms with Crippen LogP contribution in [-0.2, 0) is 9.59 Å². The van der Waals surface area contributed by atoms with E-state index in [2.05, 4.69) is 5.32 Å². The summed E-state index contributed by atoms with van der Waals surface area (Å²) in [4.78, 5) is 24.3. The standard InChI is InChI=1S/C11H18N2O3/c1-13-10(15)6-5-8(11(13)16)12-7-3-2-4-9(7)14/h7-9,12,14H,2-6H2,1H3/t7-,8?,9-/m1/s1. The summed E-state index contributed by atoms with van der Waals surface area (Å²) >= 11 is 0. The van der Waals surface area contributed by atoms with Gasteiger partial charge in [0, 0.05) is 19.5 Å². The van der Waals surface area contributed by atoms with E-state index in [1.54, 1.807) is 0 Å². The van der Waals surface area contributed by atoms with Gasteiger partial charge >= 0.3 is 0 Å². The van der Waals surface area contributed by atoms with Crippen LogP contribution in [0.5, 0.6) is 0 Å². The molecule has 0 spiro atoms. The number of carbonyl (C=O) groups excluding carboxylic acids is 2. The number of nitrogens with one attached hydrogen (secondary N) is 1. The molecular formula is C11H18N2O3. The lowest BCUT2D eigenvalue weighted by atomic mass is 10.0. The molecule has 0 aromatic heterocycles. The van der Waals surface area contributed by atoms with Crippen molar-refractivity contribution in [3.8, 4) is 0 Å². The minimum Gasteiger partial charge on any atom is -0.392 e. The number of rotatable bonds is 2. The summed E-state index contributed by atoms with van der Waals surface area (Å²) < 4.78 is 0. The Labute approximate surface area is 94.8 Å². The number of piperidine rings is 1. The Morgan fingerprint density at radius 3 is 2.69 bits per heavy atom. The molecule has 5 heteroatoms. The van der Waals surface area contributed by atoms with Gasteiger partial charge in [0.15, 0.2) is 0 Å². The Morgan fingerprint density at radius 2 is 2.06 bits per heavy atom. The Balaban J connectivity index is 1.95. The fourth-order valence-corrected chi connectivity index (χ4v) is 2.46. The second-order valence-electron chi connectivity index (χ2n) is 4.65. The number of nitrogens with zero attached hydrogens (tertiary/aromatic N) is 1. The molecule has 1 aliphatic heterocycles. The van der Waals surface area contributed by atoms with Crippen molar-refractivity contribution < 1.29 is 14.7 Å². The van der Waals surface area contributed by atoms with Crippen molar-refractivity contribution in [3.05, 3.63) is 0 Å². The average Bonchev–Trinajstić information content (AvgIpc) is 2.65. The van der Waals surface area contributed by atoms with Gasteiger partial charge in [0.2, 0.25) is 11.8 Å². The number of aliphatic hydroxyl groups excluding tert-OH is 1. The number of carbonyl (C=O) groups is 2. The lowest BCUT2D eigenvalue weighted by molar-refractivity contribution is -0.148. The Morgan fingerprint density at radius 1 is 1.31 bits per heavy atom. The third-order valence-electron chi connectivity index (χ3n) is 3.54. The zero-order valence-corrected chi connectivity index (χ0v) is 9.48. The highest BCUT2D eigenvalue weighted by molar-refractivity contribution is 6.00. The minimum absolute atomic E-state index is 0.00977. The lowest BCUT2D eigenvalue weighted by Crippen LogP contribution is -2.55. The largest absolute Gasteiger partial charge is 0.392 e. The van der Waals surface area contributed by atoms with E-state index in [9.17, 15) is 14.7 Å². The molecule has 1 saturated heterocycles. The van der Waals surface area contributed by atoms with Gasteiger partial charge < -0.3 is 10.4 Å². The number of hydrogen-bond donors (Lipinski definition) is 2. The van der Waals surface area contributed by atoms with E-state index >= 15 is 0 Å². The average molecular weight is 226 g/mol. The van der Waals surface area contributed by atoms with E-state index in [4.69, 9.17) is 0 Å². The molecule has 0 bridgehead atoms. The van der Waals surface area contributed by atoms with Crippen molar-refractivity contribution in [1.82, 2.24) is 10.2 Å². The highest BCUT2D eigenvalue weighted by Gasteiger charge is 2.35. The fraction of sp³-hybridized carbons (Fsp3) is 0.818. The molecule has 1 aliphatic carbocycles. The van der Waals surface area contributed by atoms with Crippen molar-refractivity contribution in [2.75, 3.05) is 7.05 Å². The van der Waals surface area contributed by atoms with Gasteiger partial charge in [-0.2, -0.15) is 0 Å². The van der Waals surface area contributed by atoms with Crippen molar-refractivity contribution in [2.24, 2.45) is 0 Å². The molecule has 0 radical (unpaired) electrons. The third-order valence-corrected chi connectivity index (χ3v) is 3.54. The summed E-state index contributed by atoms with van der Waals surface area (Å²) in [6.07, 6.45) is 3.30. The van der Waals surface area contributed by atoms with E-state index < -0.39 is 0 Å². The first-order chi connectivity index (χ1) is 7.59. The number of aliphatic hydroxyl groups is 1. The molecule has 16 heavy (non-hydrogen) atoms. The molecule has 0 aromatic rings. The zero-order chi connectivity index (χ0) is 11.7. The second-order valence-corrected chi connectivity index (χ2v) is 4.65. The molecule has 1 saturated carbocycles. The van der Waals surface area contributed by atoms with Gasteiger partial charge in [-0.15, -0.1) is 0 Å². The molecule has 5 nitrogen and oxygen atoms in total. The maximum absolute atomic E-state index is 11.8. The summed E-state index contributed by atoms with van der Waals surface area (Å²) in [5.74, 6) is -0.287. The van der Waals surface area contributed by atoms with Crippen LogP contribution in [0.2, 0.25) is 0 Å². The van der Waals surface area contributed by atoms with E-state index in [0.717, 1.165) is 19.3 Å².